The van der Waals surface area contributed by atoms with E-state index >= 15 is 0 Å². The summed E-state index contributed by atoms with van der Waals surface area (Å²) in [6.07, 6.45) is 0.951. The second-order valence-corrected chi connectivity index (χ2v) is 7.04. The van der Waals surface area contributed by atoms with Crippen LogP contribution < -0.4 is 10.6 Å². The maximum absolute atomic E-state index is 5.50. The van der Waals surface area contributed by atoms with Crippen LogP contribution in [0.3, 0.4) is 0 Å². The highest BCUT2D eigenvalue weighted by molar-refractivity contribution is 7.80. The van der Waals surface area contributed by atoms with Gasteiger partial charge in [0.25, 0.3) is 0 Å². The molecule has 0 aliphatic carbocycles. The van der Waals surface area contributed by atoms with Crippen LogP contribution in [0.15, 0.2) is 54.6 Å². The number of aromatic amines is 1. The Morgan fingerprint density at radius 3 is 2.52 bits per heavy atom. The minimum Gasteiger partial charge on any atom is -0.359 e. The van der Waals surface area contributed by atoms with Crippen LogP contribution in [-0.4, -0.2) is 15.1 Å². The zero-order valence-electron chi connectivity index (χ0n) is 14.6. The molecule has 25 heavy (non-hydrogen) atoms. The van der Waals surface area contributed by atoms with Gasteiger partial charge in [0.05, 0.1) is 17.1 Å². The number of hydrogen-bond donors (Lipinski definition) is 3. The van der Waals surface area contributed by atoms with Crippen molar-refractivity contribution in [3.8, 4) is 0 Å². The van der Waals surface area contributed by atoms with Crippen molar-refractivity contribution in [2.24, 2.45) is 5.92 Å². The molecule has 0 fully saturated rings. The number of imidazole rings is 1. The molecule has 0 unspecified atom stereocenters. The number of H-pyrrole nitrogens is 1. The van der Waals surface area contributed by atoms with Gasteiger partial charge in [0, 0.05) is 6.54 Å². The number of hydrogen-bond acceptors (Lipinski definition) is 2. The molecule has 0 aliphatic rings. The van der Waals surface area contributed by atoms with Gasteiger partial charge in [0.15, 0.2) is 5.11 Å². The highest BCUT2D eigenvalue weighted by Crippen LogP contribution is 2.21. The van der Waals surface area contributed by atoms with E-state index < -0.39 is 0 Å². The zero-order valence-corrected chi connectivity index (χ0v) is 15.4. The number of aromatic nitrogens is 2. The van der Waals surface area contributed by atoms with Crippen molar-refractivity contribution in [1.29, 1.82) is 0 Å². The number of para-hydroxylation sites is 2. The van der Waals surface area contributed by atoms with Gasteiger partial charge in [-0.05, 0) is 42.3 Å². The van der Waals surface area contributed by atoms with Crippen molar-refractivity contribution in [2.45, 2.75) is 32.9 Å². The normalized spacial score (nSPS) is 12.3. The molecular weight excluding hydrogens is 328 g/mol. The lowest BCUT2D eigenvalue weighted by Gasteiger charge is -2.21. The molecule has 2 aromatic carbocycles. The summed E-state index contributed by atoms with van der Waals surface area (Å²) in [4.78, 5) is 8.15. The van der Waals surface area contributed by atoms with E-state index in [2.05, 4.69) is 41.6 Å². The summed E-state index contributed by atoms with van der Waals surface area (Å²) in [6.45, 7) is 5.12. The van der Waals surface area contributed by atoms with Gasteiger partial charge >= 0.3 is 0 Å². The second kappa shape index (κ2) is 8.12. The van der Waals surface area contributed by atoms with E-state index in [1.807, 2.05) is 42.5 Å². The molecule has 0 saturated heterocycles. The Morgan fingerprint density at radius 2 is 1.80 bits per heavy atom. The molecule has 1 heterocycles. The van der Waals surface area contributed by atoms with Crippen LogP contribution in [0.2, 0.25) is 0 Å². The van der Waals surface area contributed by atoms with Crippen molar-refractivity contribution in [1.82, 2.24) is 20.6 Å². The van der Waals surface area contributed by atoms with E-state index in [0.29, 0.717) is 17.6 Å². The van der Waals surface area contributed by atoms with Crippen LogP contribution in [0.5, 0.6) is 0 Å². The lowest BCUT2D eigenvalue weighted by atomic mass is 10.0. The summed E-state index contributed by atoms with van der Waals surface area (Å²) < 4.78 is 0. The lowest BCUT2D eigenvalue weighted by molar-refractivity contribution is 0.463. The van der Waals surface area contributed by atoms with E-state index in [-0.39, 0.29) is 6.04 Å². The Morgan fingerprint density at radius 1 is 1.08 bits per heavy atom. The Hall–Kier alpha value is -2.40. The highest BCUT2D eigenvalue weighted by Gasteiger charge is 2.18. The highest BCUT2D eigenvalue weighted by atomic mass is 32.1. The molecule has 1 aromatic heterocycles. The van der Waals surface area contributed by atoms with Crippen LogP contribution in [0.25, 0.3) is 11.0 Å². The predicted octanol–water partition coefficient (Wildman–Crippen LogP) is 4.31. The number of rotatable bonds is 6. The molecule has 3 N–H and O–H groups in total. The first-order valence-electron chi connectivity index (χ1n) is 8.65. The Kier molecular flexibility index (Phi) is 5.66. The second-order valence-electron chi connectivity index (χ2n) is 6.63. The first-order valence-corrected chi connectivity index (χ1v) is 9.05. The quantitative estimate of drug-likeness (QED) is 0.579. The number of benzene rings is 2. The van der Waals surface area contributed by atoms with Crippen molar-refractivity contribution in [3.63, 3.8) is 0 Å². The summed E-state index contributed by atoms with van der Waals surface area (Å²) in [5.41, 5.74) is 3.24. The largest absolute Gasteiger partial charge is 0.359 e. The third-order valence-electron chi connectivity index (χ3n) is 4.05. The van der Waals surface area contributed by atoms with Gasteiger partial charge in [-0.3, -0.25) is 0 Å². The Labute approximate surface area is 154 Å². The summed E-state index contributed by atoms with van der Waals surface area (Å²) in [5.74, 6) is 1.46. The third kappa shape index (κ3) is 4.79. The molecule has 130 valence electrons. The smallest absolute Gasteiger partial charge is 0.167 e. The van der Waals surface area contributed by atoms with E-state index in [9.17, 15) is 0 Å². The lowest BCUT2D eigenvalue weighted by Crippen LogP contribution is -2.38. The molecular formula is C20H24N4S. The van der Waals surface area contributed by atoms with Crippen molar-refractivity contribution < 1.29 is 0 Å². The Bertz CT molecular complexity index is 793. The zero-order chi connectivity index (χ0) is 17.6. The molecule has 4 nitrogen and oxygen atoms in total. The molecule has 1 atom stereocenters. The molecule has 0 bridgehead atoms. The number of nitrogens with one attached hydrogen (secondary N) is 3. The molecule has 0 radical (unpaired) electrons. The SMILES string of the molecule is CC(C)C[C@H](NC(=S)NCc1ccccc1)c1nc2ccccc2[nH]1. The third-order valence-corrected chi connectivity index (χ3v) is 4.31. The van der Waals surface area contributed by atoms with E-state index in [1.165, 1.54) is 5.56 Å². The number of nitrogens with zero attached hydrogens (tertiary/aromatic N) is 1. The Balaban J connectivity index is 1.68. The standard InChI is InChI=1S/C20H24N4S/c1-14(2)12-18(19-22-16-10-6-7-11-17(16)23-19)24-20(25)21-13-15-8-4-3-5-9-15/h3-11,14,18H,12-13H2,1-2H3,(H,22,23)(H2,21,24,25)/t18-/m0/s1. The fourth-order valence-corrected chi connectivity index (χ4v) is 3.05. The van der Waals surface area contributed by atoms with Gasteiger partial charge in [-0.2, -0.15) is 0 Å². The summed E-state index contributed by atoms with van der Waals surface area (Å²) in [5, 5.41) is 7.36. The molecule has 0 saturated carbocycles. The fraction of sp³-hybridized carbons (Fsp3) is 0.300. The molecule has 5 heteroatoms. The number of thiocarbonyl (C=S) groups is 1. The topological polar surface area (TPSA) is 52.7 Å². The maximum Gasteiger partial charge on any atom is 0.167 e. The average Bonchev–Trinajstić information content (AvgIpc) is 3.04. The average molecular weight is 353 g/mol. The van der Waals surface area contributed by atoms with Crippen LogP contribution in [0.1, 0.15) is 37.7 Å². The van der Waals surface area contributed by atoms with Gasteiger partial charge in [0.2, 0.25) is 0 Å². The summed E-state index contributed by atoms with van der Waals surface area (Å²) >= 11 is 5.50. The van der Waals surface area contributed by atoms with Gasteiger partial charge < -0.3 is 15.6 Å². The molecule has 0 aliphatic heterocycles. The minimum absolute atomic E-state index is 0.0585. The maximum atomic E-state index is 5.50. The summed E-state index contributed by atoms with van der Waals surface area (Å²) in [7, 11) is 0. The van der Waals surface area contributed by atoms with Crippen LogP contribution >= 0.6 is 12.2 Å². The van der Waals surface area contributed by atoms with E-state index in [0.717, 1.165) is 23.3 Å². The monoisotopic (exact) mass is 352 g/mol. The van der Waals surface area contributed by atoms with Gasteiger partial charge in [-0.15, -0.1) is 0 Å². The molecule has 3 aromatic rings. The first-order chi connectivity index (χ1) is 12.1. The molecule has 3 rings (SSSR count). The fourth-order valence-electron chi connectivity index (χ4n) is 2.84. The first kappa shape index (κ1) is 17.4. The van der Waals surface area contributed by atoms with Crippen molar-refractivity contribution >= 4 is 28.4 Å². The number of fused-ring (bicyclic) bond motifs is 1. The molecule has 0 spiro atoms. The molecule has 0 amide bonds. The van der Waals surface area contributed by atoms with Gasteiger partial charge in [-0.25, -0.2) is 4.98 Å². The van der Waals surface area contributed by atoms with Gasteiger partial charge in [0.1, 0.15) is 5.82 Å². The van der Waals surface area contributed by atoms with Gasteiger partial charge in [-0.1, -0.05) is 56.3 Å². The predicted molar refractivity (Wildman–Crippen MR) is 107 cm³/mol. The van der Waals surface area contributed by atoms with Crippen molar-refractivity contribution in [3.05, 3.63) is 66.0 Å². The van der Waals surface area contributed by atoms with E-state index in [4.69, 9.17) is 17.2 Å². The van der Waals surface area contributed by atoms with E-state index in [1.54, 1.807) is 0 Å². The minimum atomic E-state index is 0.0585. The van der Waals surface area contributed by atoms with Crippen LogP contribution in [-0.2, 0) is 6.54 Å². The van der Waals surface area contributed by atoms with Crippen LogP contribution in [0, 0.1) is 5.92 Å². The summed E-state index contributed by atoms with van der Waals surface area (Å²) in [6, 6.07) is 18.4. The van der Waals surface area contributed by atoms with Crippen molar-refractivity contribution in [2.75, 3.05) is 0 Å². The van der Waals surface area contributed by atoms with Crippen LogP contribution in [0.4, 0.5) is 0 Å².